The van der Waals surface area contributed by atoms with Gasteiger partial charge in [0.05, 0.1) is 12.2 Å². The SMILES string of the molecule is CCC(CN)C(=O)Nc1cccc(Cn2ccnc2)c1. The van der Waals surface area contributed by atoms with E-state index in [9.17, 15) is 4.79 Å². The molecule has 106 valence electrons. The summed E-state index contributed by atoms with van der Waals surface area (Å²) in [5.74, 6) is -0.151. The third-order valence-electron chi connectivity index (χ3n) is 3.27. The van der Waals surface area contributed by atoms with Crippen LogP contribution in [0.2, 0.25) is 0 Å². The normalized spacial score (nSPS) is 12.1. The topological polar surface area (TPSA) is 72.9 Å². The van der Waals surface area contributed by atoms with Crippen molar-refractivity contribution in [2.24, 2.45) is 11.7 Å². The molecule has 0 bridgehead atoms. The Morgan fingerprint density at radius 1 is 1.50 bits per heavy atom. The molecule has 0 saturated heterocycles. The van der Waals surface area contributed by atoms with Crippen LogP contribution in [0, 0.1) is 5.92 Å². The van der Waals surface area contributed by atoms with Crippen LogP contribution < -0.4 is 11.1 Å². The molecular weight excluding hydrogens is 252 g/mol. The lowest BCUT2D eigenvalue weighted by Crippen LogP contribution is -2.28. The molecule has 1 aromatic carbocycles. The van der Waals surface area contributed by atoms with E-state index < -0.39 is 0 Å². The molecule has 1 amide bonds. The Morgan fingerprint density at radius 3 is 3.00 bits per heavy atom. The smallest absolute Gasteiger partial charge is 0.228 e. The first kappa shape index (κ1) is 14.3. The number of imidazole rings is 1. The molecule has 0 fully saturated rings. The van der Waals surface area contributed by atoms with Gasteiger partial charge in [-0.05, 0) is 24.1 Å². The summed E-state index contributed by atoms with van der Waals surface area (Å²) >= 11 is 0. The number of benzene rings is 1. The van der Waals surface area contributed by atoms with E-state index in [4.69, 9.17) is 5.73 Å². The number of nitrogens with zero attached hydrogens (tertiary/aromatic N) is 2. The number of carbonyl (C=O) groups is 1. The zero-order valence-corrected chi connectivity index (χ0v) is 11.6. The predicted molar refractivity (Wildman–Crippen MR) is 79.2 cm³/mol. The van der Waals surface area contributed by atoms with Gasteiger partial charge < -0.3 is 15.6 Å². The van der Waals surface area contributed by atoms with Crippen LogP contribution in [0.15, 0.2) is 43.0 Å². The highest BCUT2D eigenvalue weighted by Crippen LogP contribution is 2.14. The lowest BCUT2D eigenvalue weighted by molar-refractivity contribution is -0.119. The molecule has 3 N–H and O–H groups in total. The lowest BCUT2D eigenvalue weighted by Gasteiger charge is -2.13. The summed E-state index contributed by atoms with van der Waals surface area (Å²) in [5.41, 5.74) is 7.50. The largest absolute Gasteiger partial charge is 0.333 e. The zero-order chi connectivity index (χ0) is 14.4. The van der Waals surface area contributed by atoms with Gasteiger partial charge in [-0.3, -0.25) is 4.79 Å². The van der Waals surface area contributed by atoms with Crippen molar-refractivity contribution < 1.29 is 4.79 Å². The second kappa shape index (κ2) is 6.86. The Labute approximate surface area is 118 Å². The third kappa shape index (κ3) is 3.68. The Bertz CT molecular complexity index is 547. The molecule has 0 saturated carbocycles. The van der Waals surface area contributed by atoms with Gasteiger partial charge in [0.2, 0.25) is 5.91 Å². The highest BCUT2D eigenvalue weighted by atomic mass is 16.1. The molecular formula is C15H20N4O. The predicted octanol–water partition coefficient (Wildman–Crippen LogP) is 1.85. The summed E-state index contributed by atoms with van der Waals surface area (Å²) in [6.45, 7) is 3.07. The molecule has 5 heteroatoms. The van der Waals surface area contributed by atoms with Crippen LogP contribution >= 0.6 is 0 Å². The molecule has 5 nitrogen and oxygen atoms in total. The number of hydrogen-bond acceptors (Lipinski definition) is 3. The fourth-order valence-corrected chi connectivity index (χ4v) is 2.04. The fraction of sp³-hybridized carbons (Fsp3) is 0.333. The summed E-state index contributed by atoms with van der Waals surface area (Å²) in [4.78, 5) is 16.0. The number of rotatable bonds is 6. The maximum absolute atomic E-state index is 12.0. The first-order chi connectivity index (χ1) is 9.72. The minimum Gasteiger partial charge on any atom is -0.333 e. The molecule has 0 aliphatic carbocycles. The van der Waals surface area contributed by atoms with Crippen molar-refractivity contribution in [1.29, 1.82) is 0 Å². The van der Waals surface area contributed by atoms with Gasteiger partial charge in [0.15, 0.2) is 0 Å². The number of hydrogen-bond donors (Lipinski definition) is 2. The van der Waals surface area contributed by atoms with Crippen molar-refractivity contribution in [2.45, 2.75) is 19.9 Å². The molecule has 1 atom stereocenters. The Hall–Kier alpha value is -2.14. The monoisotopic (exact) mass is 272 g/mol. The summed E-state index contributed by atoms with van der Waals surface area (Å²) < 4.78 is 1.98. The van der Waals surface area contributed by atoms with Gasteiger partial charge in [0.25, 0.3) is 0 Å². The number of nitrogens with two attached hydrogens (primary N) is 1. The average molecular weight is 272 g/mol. The van der Waals surface area contributed by atoms with Crippen LogP contribution in [0.1, 0.15) is 18.9 Å². The van der Waals surface area contributed by atoms with E-state index in [0.29, 0.717) is 6.54 Å². The molecule has 2 rings (SSSR count). The molecule has 1 heterocycles. The van der Waals surface area contributed by atoms with Crippen molar-refractivity contribution in [3.05, 3.63) is 48.5 Å². The van der Waals surface area contributed by atoms with Crippen molar-refractivity contribution in [2.75, 3.05) is 11.9 Å². The van der Waals surface area contributed by atoms with E-state index in [0.717, 1.165) is 24.2 Å². The van der Waals surface area contributed by atoms with E-state index in [1.54, 1.807) is 12.5 Å². The second-order valence-corrected chi connectivity index (χ2v) is 4.77. The zero-order valence-electron chi connectivity index (χ0n) is 11.6. The number of anilines is 1. The van der Waals surface area contributed by atoms with Gasteiger partial charge in [-0.25, -0.2) is 4.98 Å². The first-order valence-electron chi connectivity index (χ1n) is 6.78. The first-order valence-corrected chi connectivity index (χ1v) is 6.78. The van der Waals surface area contributed by atoms with Crippen LogP contribution in [0.25, 0.3) is 0 Å². The standard InChI is InChI=1S/C15H20N4O/c1-2-13(9-16)15(20)18-14-5-3-4-12(8-14)10-19-7-6-17-11-19/h3-8,11,13H,2,9-10,16H2,1H3,(H,18,20). The highest BCUT2D eigenvalue weighted by Gasteiger charge is 2.14. The van der Waals surface area contributed by atoms with Gasteiger partial charge in [0, 0.05) is 31.2 Å². The van der Waals surface area contributed by atoms with Crippen LogP contribution in [-0.2, 0) is 11.3 Å². The molecule has 0 radical (unpaired) electrons. The summed E-state index contributed by atoms with van der Waals surface area (Å²) in [5, 5.41) is 2.92. The van der Waals surface area contributed by atoms with E-state index in [1.807, 2.05) is 42.0 Å². The summed E-state index contributed by atoms with van der Waals surface area (Å²) in [6, 6.07) is 7.82. The van der Waals surface area contributed by atoms with Crippen molar-refractivity contribution in [3.63, 3.8) is 0 Å². The van der Waals surface area contributed by atoms with Gasteiger partial charge in [-0.1, -0.05) is 19.1 Å². The molecule has 20 heavy (non-hydrogen) atoms. The number of amides is 1. The third-order valence-corrected chi connectivity index (χ3v) is 3.27. The van der Waals surface area contributed by atoms with Gasteiger partial charge in [0.1, 0.15) is 0 Å². The Balaban J connectivity index is 2.04. The van der Waals surface area contributed by atoms with Crippen LogP contribution in [0.3, 0.4) is 0 Å². The van der Waals surface area contributed by atoms with Gasteiger partial charge in [-0.2, -0.15) is 0 Å². The van der Waals surface area contributed by atoms with Gasteiger partial charge in [-0.15, -0.1) is 0 Å². The lowest BCUT2D eigenvalue weighted by atomic mass is 10.1. The van der Waals surface area contributed by atoms with Crippen molar-refractivity contribution in [3.8, 4) is 0 Å². The molecule has 0 spiro atoms. The maximum Gasteiger partial charge on any atom is 0.228 e. The van der Waals surface area contributed by atoms with Crippen molar-refractivity contribution >= 4 is 11.6 Å². The van der Waals surface area contributed by atoms with Crippen LogP contribution in [0.4, 0.5) is 5.69 Å². The Morgan fingerprint density at radius 2 is 2.35 bits per heavy atom. The second-order valence-electron chi connectivity index (χ2n) is 4.77. The maximum atomic E-state index is 12.0. The van der Waals surface area contributed by atoms with E-state index >= 15 is 0 Å². The minimum atomic E-state index is -0.132. The van der Waals surface area contributed by atoms with Gasteiger partial charge >= 0.3 is 0 Å². The number of carbonyl (C=O) groups excluding carboxylic acids is 1. The number of aromatic nitrogens is 2. The average Bonchev–Trinajstić information content (AvgIpc) is 2.93. The minimum absolute atomic E-state index is 0.0187. The van der Waals surface area contributed by atoms with Crippen LogP contribution in [-0.4, -0.2) is 22.0 Å². The number of nitrogens with one attached hydrogen (secondary N) is 1. The van der Waals surface area contributed by atoms with Crippen LogP contribution in [0.5, 0.6) is 0 Å². The summed E-state index contributed by atoms with van der Waals surface area (Å²) in [6.07, 6.45) is 6.18. The summed E-state index contributed by atoms with van der Waals surface area (Å²) in [7, 11) is 0. The quantitative estimate of drug-likeness (QED) is 0.843. The van der Waals surface area contributed by atoms with Crippen molar-refractivity contribution in [1.82, 2.24) is 9.55 Å². The molecule has 1 aromatic heterocycles. The highest BCUT2D eigenvalue weighted by molar-refractivity contribution is 5.92. The fourth-order valence-electron chi connectivity index (χ4n) is 2.04. The molecule has 0 aliphatic rings. The van der Waals surface area contributed by atoms with E-state index in [1.165, 1.54) is 0 Å². The molecule has 0 aliphatic heterocycles. The molecule has 1 unspecified atom stereocenters. The molecule has 2 aromatic rings. The van der Waals surface area contributed by atoms with E-state index in [2.05, 4.69) is 10.3 Å². The Kier molecular flexibility index (Phi) is 4.90. The van der Waals surface area contributed by atoms with E-state index in [-0.39, 0.29) is 11.8 Å².